The van der Waals surface area contributed by atoms with E-state index in [1.54, 1.807) is 0 Å². The van der Waals surface area contributed by atoms with Gasteiger partial charge in [-0.05, 0) is 38.5 Å². The normalized spacial score (nSPS) is 11.8. The first-order valence-electron chi connectivity index (χ1n) is 16.5. The molecule has 0 unspecified atom stereocenters. The number of carbonyl (C=O) groups is 3. The molecule has 7 heteroatoms. The second-order valence-electron chi connectivity index (χ2n) is 11.7. The lowest BCUT2D eigenvalue weighted by Crippen LogP contribution is -2.52. The van der Waals surface area contributed by atoms with Crippen LogP contribution in [0.15, 0.2) is 12.2 Å². The number of aliphatic carboxylic acids is 3. The largest absolute Gasteiger partial charge is 0.481 e. The molecule has 0 amide bonds. The van der Waals surface area contributed by atoms with Crippen LogP contribution in [0, 0.1) is 0 Å². The molecule has 0 aliphatic rings. The topological polar surface area (TPSA) is 112 Å². The summed E-state index contributed by atoms with van der Waals surface area (Å²) in [5.41, 5.74) is 0. The molecule has 40 heavy (non-hydrogen) atoms. The molecular weight excluding hydrogens is 506 g/mol. The van der Waals surface area contributed by atoms with Gasteiger partial charge in [-0.25, -0.2) is 0 Å². The lowest BCUT2D eigenvalue weighted by atomic mass is 10.0. The molecule has 0 aliphatic heterocycles. The highest BCUT2D eigenvalue weighted by Gasteiger charge is 2.29. The van der Waals surface area contributed by atoms with Gasteiger partial charge in [0.15, 0.2) is 0 Å². The van der Waals surface area contributed by atoms with Crippen molar-refractivity contribution in [2.24, 2.45) is 0 Å². The Labute approximate surface area is 245 Å². The SMILES string of the molecule is CCCCCCC/C=C/CCCCCCCCCCCCCCC[N+](CCC(=O)O)(CCC(=O)O)CCC(=O)O. The average Bonchev–Trinajstić information content (AvgIpc) is 2.92. The summed E-state index contributed by atoms with van der Waals surface area (Å²) in [6, 6.07) is 0. The number of unbranched alkanes of at least 4 members (excludes halogenated alkanes) is 18. The lowest BCUT2D eigenvalue weighted by molar-refractivity contribution is -0.927. The van der Waals surface area contributed by atoms with Crippen LogP contribution in [0.2, 0.25) is 0 Å². The molecule has 3 N–H and O–H groups in total. The predicted octanol–water partition coefficient (Wildman–Crippen LogP) is 8.61. The lowest BCUT2D eigenvalue weighted by Gasteiger charge is -2.38. The Morgan fingerprint density at radius 2 is 0.750 bits per heavy atom. The summed E-state index contributed by atoms with van der Waals surface area (Å²) in [5, 5.41) is 27.4. The van der Waals surface area contributed by atoms with Crippen molar-refractivity contribution in [2.45, 2.75) is 155 Å². The first-order chi connectivity index (χ1) is 19.3. The fraction of sp³-hybridized carbons (Fsp3) is 0.848. The van der Waals surface area contributed by atoms with Crippen LogP contribution >= 0.6 is 0 Å². The van der Waals surface area contributed by atoms with Gasteiger partial charge in [-0.3, -0.25) is 14.4 Å². The molecule has 0 radical (unpaired) electrons. The van der Waals surface area contributed by atoms with E-state index >= 15 is 0 Å². The fourth-order valence-corrected chi connectivity index (χ4v) is 5.42. The van der Waals surface area contributed by atoms with Gasteiger partial charge in [-0.15, -0.1) is 0 Å². The van der Waals surface area contributed by atoms with Crippen LogP contribution in [0.5, 0.6) is 0 Å². The molecule has 234 valence electrons. The van der Waals surface area contributed by atoms with E-state index in [1.807, 2.05) is 0 Å². The number of rotatable bonds is 31. The maximum atomic E-state index is 11.1. The Hall–Kier alpha value is -1.89. The van der Waals surface area contributed by atoms with Crippen molar-refractivity contribution >= 4 is 17.9 Å². The van der Waals surface area contributed by atoms with Crippen molar-refractivity contribution in [3.05, 3.63) is 12.2 Å². The maximum Gasteiger partial charge on any atom is 0.309 e. The van der Waals surface area contributed by atoms with Gasteiger partial charge >= 0.3 is 17.9 Å². The first-order valence-corrected chi connectivity index (χ1v) is 16.5. The number of allylic oxidation sites excluding steroid dienone is 2. The third kappa shape index (κ3) is 26.3. The Bertz CT molecular complexity index is 618. The van der Waals surface area contributed by atoms with Gasteiger partial charge in [0.05, 0.1) is 45.4 Å². The zero-order chi connectivity index (χ0) is 29.7. The number of carboxylic acid groups (broad SMARTS) is 3. The first kappa shape index (κ1) is 38.1. The Morgan fingerprint density at radius 3 is 1.07 bits per heavy atom. The quantitative estimate of drug-likeness (QED) is 0.0438. The van der Waals surface area contributed by atoms with E-state index < -0.39 is 17.9 Å². The highest BCUT2D eigenvalue weighted by Crippen LogP contribution is 2.17. The molecule has 0 aromatic heterocycles. The van der Waals surface area contributed by atoms with Gasteiger partial charge in [-0.1, -0.05) is 109 Å². The molecule has 0 saturated carbocycles. The maximum absolute atomic E-state index is 11.1. The molecule has 0 heterocycles. The van der Waals surface area contributed by atoms with Crippen LogP contribution in [0.4, 0.5) is 0 Å². The molecule has 0 bridgehead atoms. The summed E-state index contributed by atoms with van der Waals surface area (Å²) in [7, 11) is 0. The highest BCUT2D eigenvalue weighted by molar-refractivity contribution is 5.67. The molecule has 0 aliphatic carbocycles. The van der Waals surface area contributed by atoms with Crippen LogP contribution in [0.3, 0.4) is 0 Å². The highest BCUT2D eigenvalue weighted by atomic mass is 16.4. The molecule has 0 spiro atoms. The zero-order valence-corrected chi connectivity index (χ0v) is 25.8. The van der Waals surface area contributed by atoms with Crippen molar-refractivity contribution in [3.63, 3.8) is 0 Å². The average molecular weight is 569 g/mol. The van der Waals surface area contributed by atoms with Crippen molar-refractivity contribution < 1.29 is 34.2 Å². The van der Waals surface area contributed by atoms with Crippen molar-refractivity contribution in [1.29, 1.82) is 0 Å². The number of hydrogen-bond acceptors (Lipinski definition) is 3. The standard InChI is InChI=1S/C33H61NO6/c1-2-3-4-5-6-7-8-9-10-11-12-13-14-15-16-17-18-19-20-21-22-23-27-34(28-24-31(35)36,29-25-32(37)38)30-26-33(39)40/h8-9H,2-7,10-30H2,1H3,(H2-,35,36,37,38,39,40)/p+1/b9-8+. The van der Waals surface area contributed by atoms with Crippen molar-refractivity contribution in [3.8, 4) is 0 Å². The summed E-state index contributed by atoms with van der Waals surface area (Å²) in [6.07, 6.45) is 29.9. The van der Waals surface area contributed by atoms with E-state index in [0.29, 0.717) is 6.54 Å². The predicted molar refractivity (Wildman–Crippen MR) is 164 cm³/mol. The van der Waals surface area contributed by atoms with Gasteiger partial charge in [0.1, 0.15) is 0 Å². The molecular formula is C33H62NO6+. The van der Waals surface area contributed by atoms with Gasteiger partial charge in [0.2, 0.25) is 0 Å². The van der Waals surface area contributed by atoms with E-state index in [2.05, 4.69) is 19.1 Å². The van der Waals surface area contributed by atoms with E-state index in [0.717, 1.165) is 19.3 Å². The molecule has 0 fully saturated rings. The summed E-state index contributed by atoms with van der Waals surface area (Å²) in [4.78, 5) is 33.4. The molecule has 0 aromatic rings. The second kappa shape index (κ2) is 27.3. The van der Waals surface area contributed by atoms with E-state index in [1.165, 1.54) is 109 Å². The van der Waals surface area contributed by atoms with Crippen LogP contribution in [-0.2, 0) is 14.4 Å². The Morgan fingerprint density at radius 1 is 0.450 bits per heavy atom. The third-order valence-corrected chi connectivity index (χ3v) is 8.04. The minimum absolute atomic E-state index is 0.0735. The van der Waals surface area contributed by atoms with Gasteiger partial charge in [0, 0.05) is 0 Å². The Kier molecular flexibility index (Phi) is 26.0. The molecule has 0 rings (SSSR count). The van der Waals surface area contributed by atoms with Crippen LogP contribution in [0.1, 0.15) is 155 Å². The number of hydrogen-bond donors (Lipinski definition) is 3. The van der Waals surface area contributed by atoms with Crippen LogP contribution in [-0.4, -0.2) is 63.9 Å². The van der Waals surface area contributed by atoms with Crippen LogP contribution in [0.25, 0.3) is 0 Å². The number of carboxylic acids is 3. The van der Waals surface area contributed by atoms with Crippen molar-refractivity contribution in [1.82, 2.24) is 0 Å². The smallest absolute Gasteiger partial charge is 0.309 e. The summed E-state index contributed by atoms with van der Waals surface area (Å²) in [6.45, 7) is 3.76. The van der Waals surface area contributed by atoms with Gasteiger partial charge < -0.3 is 19.8 Å². The summed E-state index contributed by atoms with van der Waals surface area (Å²) in [5.74, 6) is -2.79. The molecule has 0 aromatic carbocycles. The van der Waals surface area contributed by atoms with Gasteiger partial charge in [-0.2, -0.15) is 0 Å². The zero-order valence-electron chi connectivity index (χ0n) is 25.8. The molecule has 0 saturated heterocycles. The fourth-order valence-electron chi connectivity index (χ4n) is 5.42. The monoisotopic (exact) mass is 568 g/mol. The van der Waals surface area contributed by atoms with E-state index in [9.17, 15) is 14.4 Å². The second-order valence-corrected chi connectivity index (χ2v) is 11.7. The van der Waals surface area contributed by atoms with Gasteiger partial charge in [0.25, 0.3) is 0 Å². The molecule has 7 nitrogen and oxygen atoms in total. The van der Waals surface area contributed by atoms with Crippen molar-refractivity contribution in [2.75, 3.05) is 26.2 Å². The minimum Gasteiger partial charge on any atom is -0.481 e. The number of quaternary nitrogens is 1. The Balaban J connectivity index is 3.82. The minimum atomic E-state index is -0.931. The molecule has 0 atom stereocenters. The third-order valence-electron chi connectivity index (χ3n) is 8.04. The van der Waals surface area contributed by atoms with Crippen LogP contribution < -0.4 is 0 Å². The number of nitrogens with zero attached hydrogens (tertiary/aromatic N) is 1. The van der Waals surface area contributed by atoms with E-state index in [4.69, 9.17) is 15.3 Å². The summed E-state index contributed by atoms with van der Waals surface area (Å²) < 4.78 is 0.265. The summed E-state index contributed by atoms with van der Waals surface area (Å²) >= 11 is 0. The van der Waals surface area contributed by atoms with E-state index in [-0.39, 0.29) is 43.4 Å².